The molecule has 0 saturated heterocycles. The van der Waals surface area contributed by atoms with E-state index in [9.17, 15) is 0 Å². The maximum absolute atomic E-state index is 9.07. The molecule has 0 aromatic carbocycles. The van der Waals surface area contributed by atoms with E-state index in [2.05, 4.69) is 31.3 Å². The van der Waals surface area contributed by atoms with Crippen LogP contribution < -0.4 is 5.32 Å². The van der Waals surface area contributed by atoms with Crippen LogP contribution >= 0.6 is 0 Å². The molecule has 1 rings (SSSR count). The van der Waals surface area contributed by atoms with Crippen LogP contribution in [0.4, 0.5) is 0 Å². The largest absolute Gasteiger partial charge is 0.396 e. The Bertz CT molecular complexity index is 175. The molecule has 0 heterocycles. The summed E-state index contributed by atoms with van der Waals surface area (Å²) in [5.41, 5.74) is 0.00525. The molecule has 0 aromatic rings. The van der Waals surface area contributed by atoms with Gasteiger partial charge in [-0.1, -0.05) is 26.0 Å². The summed E-state index contributed by atoms with van der Waals surface area (Å²) in [5, 5.41) is 12.5. The molecular formula is C11H21NO. The van der Waals surface area contributed by atoms with E-state index in [1.807, 2.05) is 0 Å². The predicted octanol–water partition coefficient (Wildman–Crippen LogP) is 1.70. The van der Waals surface area contributed by atoms with Crippen molar-refractivity contribution in [1.29, 1.82) is 0 Å². The second-order valence-corrected chi connectivity index (χ2v) is 4.67. The van der Waals surface area contributed by atoms with Gasteiger partial charge in [0.15, 0.2) is 0 Å². The Morgan fingerprint density at radius 3 is 2.85 bits per heavy atom. The SMILES string of the molecule is CC(C)(CO)CNC1C=CCCC1. The molecule has 1 atom stereocenters. The van der Waals surface area contributed by atoms with Crippen molar-refractivity contribution in [3.8, 4) is 0 Å². The number of allylic oxidation sites excluding steroid dienone is 1. The topological polar surface area (TPSA) is 32.3 Å². The Hall–Kier alpha value is -0.340. The monoisotopic (exact) mass is 183 g/mol. The zero-order chi connectivity index (χ0) is 9.73. The first kappa shape index (κ1) is 10.7. The van der Waals surface area contributed by atoms with Crippen LogP contribution in [-0.2, 0) is 0 Å². The third-order valence-corrected chi connectivity index (χ3v) is 2.53. The number of nitrogens with one attached hydrogen (secondary N) is 1. The van der Waals surface area contributed by atoms with Crippen LogP contribution in [0.1, 0.15) is 33.1 Å². The minimum atomic E-state index is 0.00525. The lowest BCUT2D eigenvalue weighted by atomic mass is 9.93. The first-order valence-corrected chi connectivity index (χ1v) is 5.15. The van der Waals surface area contributed by atoms with Gasteiger partial charge in [-0.05, 0) is 19.3 Å². The summed E-state index contributed by atoms with van der Waals surface area (Å²) in [7, 11) is 0. The van der Waals surface area contributed by atoms with Crippen molar-refractivity contribution < 1.29 is 5.11 Å². The molecule has 76 valence electrons. The molecule has 0 fully saturated rings. The van der Waals surface area contributed by atoms with E-state index in [-0.39, 0.29) is 12.0 Å². The number of aliphatic hydroxyl groups excluding tert-OH is 1. The van der Waals surface area contributed by atoms with Crippen LogP contribution in [0.15, 0.2) is 12.2 Å². The summed E-state index contributed by atoms with van der Waals surface area (Å²) < 4.78 is 0. The fourth-order valence-corrected chi connectivity index (χ4v) is 1.45. The van der Waals surface area contributed by atoms with Gasteiger partial charge in [0, 0.05) is 24.6 Å². The van der Waals surface area contributed by atoms with Crippen LogP contribution in [0.3, 0.4) is 0 Å². The molecule has 0 saturated carbocycles. The van der Waals surface area contributed by atoms with Crippen LogP contribution in [0.5, 0.6) is 0 Å². The molecule has 1 aliphatic rings. The fraction of sp³-hybridized carbons (Fsp3) is 0.818. The van der Waals surface area contributed by atoms with Gasteiger partial charge in [-0.2, -0.15) is 0 Å². The van der Waals surface area contributed by atoms with Gasteiger partial charge in [-0.25, -0.2) is 0 Å². The maximum atomic E-state index is 9.07. The van der Waals surface area contributed by atoms with E-state index in [4.69, 9.17) is 5.11 Å². The molecule has 1 aliphatic carbocycles. The van der Waals surface area contributed by atoms with Gasteiger partial charge in [0.2, 0.25) is 0 Å². The highest BCUT2D eigenvalue weighted by molar-refractivity contribution is 4.97. The second kappa shape index (κ2) is 4.77. The van der Waals surface area contributed by atoms with Crippen molar-refractivity contribution in [3.05, 3.63) is 12.2 Å². The quantitative estimate of drug-likeness (QED) is 0.650. The lowest BCUT2D eigenvalue weighted by Gasteiger charge is -2.26. The van der Waals surface area contributed by atoms with E-state index < -0.39 is 0 Å². The molecule has 0 radical (unpaired) electrons. The smallest absolute Gasteiger partial charge is 0.0494 e. The highest BCUT2D eigenvalue weighted by atomic mass is 16.3. The fourth-order valence-electron chi connectivity index (χ4n) is 1.45. The molecule has 0 aliphatic heterocycles. The van der Waals surface area contributed by atoms with Crippen molar-refractivity contribution in [2.24, 2.45) is 5.41 Å². The average Bonchev–Trinajstić information content (AvgIpc) is 2.17. The Kier molecular flexibility index (Phi) is 3.94. The first-order valence-electron chi connectivity index (χ1n) is 5.15. The molecule has 2 N–H and O–H groups in total. The summed E-state index contributed by atoms with van der Waals surface area (Å²) in [6.45, 7) is 5.29. The van der Waals surface area contributed by atoms with Crippen molar-refractivity contribution in [2.45, 2.75) is 39.2 Å². The predicted molar refractivity (Wildman–Crippen MR) is 55.6 cm³/mol. The normalized spacial score (nSPS) is 23.5. The summed E-state index contributed by atoms with van der Waals surface area (Å²) in [6, 6.07) is 0.527. The third kappa shape index (κ3) is 3.92. The average molecular weight is 183 g/mol. The Morgan fingerprint density at radius 1 is 1.54 bits per heavy atom. The zero-order valence-corrected chi connectivity index (χ0v) is 8.71. The van der Waals surface area contributed by atoms with Crippen molar-refractivity contribution >= 4 is 0 Å². The first-order chi connectivity index (χ1) is 6.14. The highest BCUT2D eigenvalue weighted by Gasteiger charge is 2.17. The molecule has 13 heavy (non-hydrogen) atoms. The molecule has 0 aromatic heterocycles. The standard InChI is InChI=1S/C11H21NO/c1-11(2,9-13)8-12-10-6-4-3-5-7-10/h4,6,10,12-13H,3,5,7-9H2,1-2H3. The molecule has 2 heteroatoms. The van der Waals surface area contributed by atoms with E-state index in [1.165, 1.54) is 19.3 Å². The Labute approximate surface area is 81.0 Å². The van der Waals surface area contributed by atoms with Crippen LogP contribution in [0.2, 0.25) is 0 Å². The van der Waals surface area contributed by atoms with Gasteiger partial charge < -0.3 is 10.4 Å². The van der Waals surface area contributed by atoms with Gasteiger partial charge in [0.05, 0.1) is 0 Å². The molecule has 0 amide bonds. The van der Waals surface area contributed by atoms with Crippen LogP contribution in [0.25, 0.3) is 0 Å². The van der Waals surface area contributed by atoms with E-state index in [0.717, 1.165) is 6.54 Å². The van der Waals surface area contributed by atoms with Crippen LogP contribution in [-0.4, -0.2) is 24.3 Å². The number of aliphatic hydroxyl groups is 1. The minimum absolute atomic E-state index is 0.00525. The number of hydrogen-bond donors (Lipinski definition) is 2. The summed E-state index contributed by atoms with van der Waals surface area (Å²) in [4.78, 5) is 0. The van der Waals surface area contributed by atoms with Gasteiger partial charge in [-0.15, -0.1) is 0 Å². The second-order valence-electron chi connectivity index (χ2n) is 4.67. The van der Waals surface area contributed by atoms with Gasteiger partial charge in [-0.3, -0.25) is 0 Å². The summed E-state index contributed by atoms with van der Waals surface area (Å²) >= 11 is 0. The van der Waals surface area contributed by atoms with Crippen molar-refractivity contribution in [2.75, 3.05) is 13.2 Å². The molecule has 0 bridgehead atoms. The Balaban J connectivity index is 2.25. The van der Waals surface area contributed by atoms with Gasteiger partial charge in [0.1, 0.15) is 0 Å². The number of hydrogen-bond acceptors (Lipinski definition) is 2. The maximum Gasteiger partial charge on any atom is 0.0494 e. The molecule has 0 spiro atoms. The zero-order valence-electron chi connectivity index (χ0n) is 8.71. The number of rotatable bonds is 4. The van der Waals surface area contributed by atoms with Crippen molar-refractivity contribution in [1.82, 2.24) is 5.32 Å². The van der Waals surface area contributed by atoms with E-state index in [1.54, 1.807) is 0 Å². The lowest BCUT2D eigenvalue weighted by molar-refractivity contribution is 0.154. The molecule has 2 nitrogen and oxygen atoms in total. The van der Waals surface area contributed by atoms with Gasteiger partial charge >= 0.3 is 0 Å². The third-order valence-electron chi connectivity index (χ3n) is 2.53. The minimum Gasteiger partial charge on any atom is -0.396 e. The van der Waals surface area contributed by atoms with Crippen molar-refractivity contribution in [3.63, 3.8) is 0 Å². The Morgan fingerprint density at radius 2 is 2.31 bits per heavy atom. The van der Waals surface area contributed by atoms with Crippen LogP contribution in [0, 0.1) is 5.41 Å². The van der Waals surface area contributed by atoms with E-state index >= 15 is 0 Å². The highest BCUT2D eigenvalue weighted by Crippen LogP contribution is 2.14. The van der Waals surface area contributed by atoms with Gasteiger partial charge in [0.25, 0.3) is 0 Å². The lowest BCUT2D eigenvalue weighted by Crippen LogP contribution is -2.38. The van der Waals surface area contributed by atoms with E-state index in [0.29, 0.717) is 6.04 Å². The molecule has 1 unspecified atom stereocenters. The summed E-state index contributed by atoms with van der Waals surface area (Å²) in [6.07, 6.45) is 8.23. The molecular weight excluding hydrogens is 162 g/mol. The summed E-state index contributed by atoms with van der Waals surface area (Å²) in [5.74, 6) is 0.